The summed E-state index contributed by atoms with van der Waals surface area (Å²) in [4.78, 5) is 0. The van der Waals surface area contributed by atoms with Crippen LogP contribution in [0.4, 0.5) is 4.39 Å². The van der Waals surface area contributed by atoms with Crippen molar-refractivity contribution in [1.82, 2.24) is 5.32 Å². The molecular weight excluding hydrogens is 261 g/mol. The first-order chi connectivity index (χ1) is 9.11. The van der Waals surface area contributed by atoms with Crippen LogP contribution in [0.15, 0.2) is 42.5 Å². The molecule has 0 spiro atoms. The third-order valence-corrected chi connectivity index (χ3v) is 3.63. The molecule has 0 aliphatic heterocycles. The maximum Gasteiger partial charge on any atom is 0.128 e. The molecule has 0 amide bonds. The lowest BCUT2D eigenvalue weighted by atomic mass is 9.97. The van der Waals surface area contributed by atoms with E-state index in [1.807, 2.05) is 50.4 Å². The number of nitrogens with one attached hydrogen (secondary N) is 1. The lowest BCUT2D eigenvalue weighted by Crippen LogP contribution is -2.20. The number of hydrogen-bond acceptors (Lipinski definition) is 1. The minimum Gasteiger partial charge on any atom is -0.313 e. The molecule has 2 aromatic carbocycles. The predicted octanol–water partition coefficient (Wildman–Crippen LogP) is 4.29. The number of rotatable bonds is 4. The van der Waals surface area contributed by atoms with E-state index in [9.17, 15) is 4.39 Å². The van der Waals surface area contributed by atoms with E-state index in [4.69, 9.17) is 11.6 Å². The maximum atomic E-state index is 14.0. The van der Waals surface area contributed by atoms with Crippen molar-refractivity contribution < 1.29 is 4.39 Å². The quantitative estimate of drug-likeness (QED) is 0.879. The standard InChI is InChI=1S/C16H17ClFN/c1-11-7-8-13(15(18)9-11)16(19-2)10-12-5-3-4-6-14(12)17/h3-9,16,19H,10H2,1-2H3. The molecule has 0 saturated carbocycles. The molecule has 2 aromatic rings. The molecule has 1 atom stereocenters. The summed E-state index contributed by atoms with van der Waals surface area (Å²) < 4.78 is 14.0. The van der Waals surface area contributed by atoms with Gasteiger partial charge in [0.15, 0.2) is 0 Å². The molecule has 100 valence electrons. The van der Waals surface area contributed by atoms with Gasteiger partial charge in [-0.05, 0) is 43.7 Å². The Morgan fingerprint density at radius 3 is 2.58 bits per heavy atom. The molecule has 0 bridgehead atoms. The second-order valence-corrected chi connectivity index (χ2v) is 5.07. The van der Waals surface area contributed by atoms with Gasteiger partial charge in [0.2, 0.25) is 0 Å². The van der Waals surface area contributed by atoms with E-state index >= 15 is 0 Å². The Balaban J connectivity index is 2.28. The third-order valence-electron chi connectivity index (χ3n) is 3.26. The van der Waals surface area contributed by atoms with Crippen LogP contribution in [0, 0.1) is 12.7 Å². The molecule has 1 unspecified atom stereocenters. The zero-order valence-corrected chi connectivity index (χ0v) is 11.8. The van der Waals surface area contributed by atoms with Crippen LogP contribution < -0.4 is 5.32 Å². The maximum absolute atomic E-state index is 14.0. The monoisotopic (exact) mass is 277 g/mol. The topological polar surface area (TPSA) is 12.0 Å². The van der Waals surface area contributed by atoms with E-state index in [1.165, 1.54) is 0 Å². The van der Waals surface area contributed by atoms with Crippen molar-refractivity contribution in [3.8, 4) is 0 Å². The molecule has 0 aliphatic rings. The van der Waals surface area contributed by atoms with Crippen molar-refractivity contribution >= 4 is 11.6 Å². The summed E-state index contributed by atoms with van der Waals surface area (Å²) in [5, 5.41) is 3.87. The predicted molar refractivity (Wildman–Crippen MR) is 78.1 cm³/mol. The Morgan fingerprint density at radius 1 is 1.21 bits per heavy atom. The molecule has 0 heterocycles. The van der Waals surface area contributed by atoms with Gasteiger partial charge >= 0.3 is 0 Å². The summed E-state index contributed by atoms with van der Waals surface area (Å²) in [5.74, 6) is -0.175. The zero-order chi connectivity index (χ0) is 13.8. The highest BCUT2D eigenvalue weighted by atomic mass is 35.5. The van der Waals surface area contributed by atoms with Crippen molar-refractivity contribution in [3.05, 3.63) is 70.0 Å². The lowest BCUT2D eigenvalue weighted by molar-refractivity contribution is 0.533. The first-order valence-corrected chi connectivity index (χ1v) is 6.66. The average Bonchev–Trinajstić information content (AvgIpc) is 2.39. The summed E-state index contributed by atoms with van der Waals surface area (Å²) in [6.45, 7) is 1.88. The van der Waals surface area contributed by atoms with Crippen LogP contribution in [0.5, 0.6) is 0 Å². The fourth-order valence-corrected chi connectivity index (χ4v) is 2.38. The molecule has 0 aliphatic carbocycles. The van der Waals surface area contributed by atoms with Crippen LogP contribution >= 0.6 is 11.6 Å². The highest BCUT2D eigenvalue weighted by molar-refractivity contribution is 6.31. The van der Waals surface area contributed by atoms with Gasteiger partial charge in [-0.25, -0.2) is 4.39 Å². The zero-order valence-electron chi connectivity index (χ0n) is 11.1. The molecule has 1 nitrogen and oxygen atoms in total. The van der Waals surface area contributed by atoms with E-state index < -0.39 is 0 Å². The molecule has 0 aromatic heterocycles. The van der Waals surface area contributed by atoms with Crippen LogP contribution in [0.2, 0.25) is 5.02 Å². The van der Waals surface area contributed by atoms with Crippen LogP contribution in [-0.4, -0.2) is 7.05 Å². The van der Waals surface area contributed by atoms with Crippen molar-refractivity contribution in [1.29, 1.82) is 0 Å². The number of halogens is 2. The van der Waals surface area contributed by atoms with Gasteiger partial charge in [-0.2, -0.15) is 0 Å². The molecule has 3 heteroatoms. The second kappa shape index (κ2) is 6.18. The Labute approximate surface area is 118 Å². The summed E-state index contributed by atoms with van der Waals surface area (Å²) in [6.07, 6.45) is 0.663. The van der Waals surface area contributed by atoms with Gasteiger partial charge in [0.25, 0.3) is 0 Å². The fraction of sp³-hybridized carbons (Fsp3) is 0.250. The van der Waals surface area contributed by atoms with Crippen molar-refractivity contribution in [2.45, 2.75) is 19.4 Å². The van der Waals surface area contributed by atoms with Crippen LogP contribution in [0.1, 0.15) is 22.7 Å². The highest BCUT2D eigenvalue weighted by Gasteiger charge is 2.15. The van der Waals surface area contributed by atoms with E-state index in [0.717, 1.165) is 16.1 Å². The van der Waals surface area contributed by atoms with Gasteiger partial charge in [0.1, 0.15) is 5.82 Å². The minimum absolute atomic E-state index is 0.0829. The summed E-state index contributed by atoms with van der Waals surface area (Å²) >= 11 is 6.16. The third kappa shape index (κ3) is 3.34. The Morgan fingerprint density at radius 2 is 1.95 bits per heavy atom. The summed E-state index contributed by atoms with van der Waals surface area (Å²) in [5.41, 5.74) is 2.62. The molecular formula is C16H17ClFN. The SMILES string of the molecule is CNC(Cc1ccccc1Cl)c1ccc(C)cc1F. The lowest BCUT2D eigenvalue weighted by Gasteiger charge is -2.18. The molecule has 0 saturated heterocycles. The molecule has 0 fully saturated rings. The first kappa shape index (κ1) is 14.0. The number of hydrogen-bond donors (Lipinski definition) is 1. The van der Waals surface area contributed by atoms with Crippen molar-refractivity contribution in [3.63, 3.8) is 0 Å². The van der Waals surface area contributed by atoms with Crippen molar-refractivity contribution in [2.24, 2.45) is 0 Å². The molecule has 1 N–H and O–H groups in total. The van der Waals surface area contributed by atoms with Crippen LogP contribution in [0.3, 0.4) is 0 Å². The largest absolute Gasteiger partial charge is 0.313 e. The van der Waals surface area contributed by atoms with Crippen molar-refractivity contribution in [2.75, 3.05) is 7.05 Å². The Hall–Kier alpha value is -1.38. The van der Waals surface area contributed by atoms with Crippen LogP contribution in [-0.2, 0) is 6.42 Å². The van der Waals surface area contributed by atoms with Gasteiger partial charge in [0, 0.05) is 16.6 Å². The number of likely N-dealkylation sites (N-methyl/N-ethyl adjacent to an activating group) is 1. The Kier molecular flexibility index (Phi) is 4.56. The number of aryl methyl sites for hydroxylation is 1. The summed E-state index contributed by atoms with van der Waals surface area (Å²) in [7, 11) is 1.83. The van der Waals surface area contributed by atoms with E-state index in [2.05, 4.69) is 5.32 Å². The normalized spacial score (nSPS) is 12.4. The fourth-order valence-electron chi connectivity index (χ4n) is 2.17. The first-order valence-electron chi connectivity index (χ1n) is 6.28. The van der Waals surface area contributed by atoms with E-state index in [1.54, 1.807) is 6.07 Å². The highest BCUT2D eigenvalue weighted by Crippen LogP contribution is 2.25. The van der Waals surface area contributed by atoms with E-state index in [-0.39, 0.29) is 11.9 Å². The van der Waals surface area contributed by atoms with Gasteiger partial charge in [-0.3, -0.25) is 0 Å². The van der Waals surface area contributed by atoms with Crippen LogP contribution in [0.25, 0.3) is 0 Å². The van der Waals surface area contributed by atoms with Gasteiger partial charge < -0.3 is 5.32 Å². The van der Waals surface area contributed by atoms with Gasteiger partial charge in [-0.15, -0.1) is 0 Å². The molecule has 0 radical (unpaired) electrons. The number of benzene rings is 2. The van der Waals surface area contributed by atoms with E-state index in [0.29, 0.717) is 12.0 Å². The summed E-state index contributed by atoms with van der Waals surface area (Å²) in [6, 6.07) is 12.9. The molecule has 19 heavy (non-hydrogen) atoms. The smallest absolute Gasteiger partial charge is 0.128 e. The van der Waals surface area contributed by atoms with Gasteiger partial charge in [-0.1, -0.05) is 41.9 Å². The average molecular weight is 278 g/mol. The molecule has 2 rings (SSSR count). The minimum atomic E-state index is -0.175. The second-order valence-electron chi connectivity index (χ2n) is 4.66. The van der Waals surface area contributed by atoms with Gasteiger partial charge in [0.05, 0.1) is 0 Å². The Bertz CT molecular complexity index is 568.